The second-order valence-corrected chi connectivity index (χ2v) is 6.12. The van der Waals surface area contributed by atoms with E-state index in [4.69, 9.17) is 4.74 Å². The highest BCUT2D eigenvalue weighted by Crippen LogP contribution is 2.20. The largest absolute Gasteiger partial charge is 0.370 e. The lowest BCUT2D eigenvalue weighted by atomic mass is 10.0. The number of rotatable bonds is 5. The summed E-state index contributed by atoms with van der Waals surface area (Å²) in [6.45, 7) is 3.28. The summed E-state index contributed by atoms with van der Waals surface area (Å²) < 4.78 is 5.13. The number of nitrogens with one attached hydrogen (secondary N) is 1. The van der Waals surface area contributed by atoms with Crippen LogP contribution in [-0.4, -0.2) is 31.6 Å². The van der Waals surface area contributed by atoms with Crippen molar-refractivity contribution in [2.24, 2.45) is 0 Å². The molecule has 5 nitrogen and oxygen atoms in total. The third-order valence-corrected chi connectivity index (χ3v) is 4.33. The van der Waals surface area contributed by atoms with E-state index in [2.05, 4.69) is 24.4 Å². The molecule has 2 amide bonds. The van der Waals surface area contributed by atoms with Crippen LogP contribution in [0.3, 0.4) is 0 Å². The van der Waals surface area contributed by atoms with Crippen molar-refractivity contribution < 1.29 is 14.3 Å². The summed E-state index contributed by atoms with van der Waals surface area (Å²) in [5, 5.41) is 2.91. The Balaban J connectivity index is 1.55. The highest BCUT2D eigenvalue weighted by Gasteiger charge is 2.19. The molecule has 0 atom stereocenters. The molecule has 1 N–H and O–H groups in total. The maximum Gasteiger partial charge on any atom is 0.253 e. The van der Waals surface area contributed by atoms with E-state index >= 15 is 0 Å². The number of amides is 2. The van der Waals surface area contributed by atoms with E-state index < -0.39 is 0 Å². The molecule has 0 spiro atoms. The quantitative estimate of drug-likeness (QED) is 0.912. The van der Waals surface area contributed by atoms with E-state index in [1.54, 1.807) is 4.90 Å². The average molecular weight is 338 g/mol. The van der Waals surface area contributed by atoms with Crippen molar-refractivity contribution in [1.29, 1.82) is 0 Å². The van der Waals surface area contributed by atoms with Crippen LogP contribution < -0.4 is 10.2 Å². The van der Waals surface area contributed by atoms with Gasteiger partial charge in [0.1, 0.15) is 6.61 Å². The van der Waals surface area contributed by atoms with Gasteiger partial charge < -0.3 is 15.0 Å². The van der Waals surface area contributed by atoms with Crippen LogP contribution in [0.15, 0.2) is 48.5 Å². The van der Waals surface area contributed by atoms with E-state index in [-0.39, 0.29) is 18.4 Å². The SMILES string of the molecule is Cc1ccccc1CCC(=O)Nc1ccc(N2CCOCC2=O)cc1. The molecule has 0 bridgehead atoms. The van der Waals surface area contributed by atoms with Crippen LogP contribution in [0.5, 0.6) is 0 Å². The Morgan fingerprint density at radius 2 is 1.92 bits per heavy atom. The number of anilines is 2. The number of hydrogen-bond acceptors (Lipinski definition) is 3. The van der Waals surface area contributed by atoms with Gasteiger partial charge in [0.15, 0.2) is 0 Å². The third kappa shape index (κ3) is 4.45. The van der Waals surface area contributed by atoms with Crippen molar-refractivity contribution in [3.8, 4) is 0 Å². The molecular weight excluding hydrogens is 316 g/mol. The predicted octanol–water partition coefficient (Wildman–Crippen LogP) is 2.93. The first kappa shape index (κ1) is 17.2. The fourth-order valence-corrected chi connectivity index (χ4v) is 2.88. The summed E-state index contributed by atoms with van der Waals surface area (Å²) in [5.41, 5.74) is 3.96. The molecule has 0 saturated carbocycles. The zero-order valence-corrected chi connectivity index (χ0v) is 14.3. The minimum absolute atomic E-state index is 0.0153. The van der Waals surface area contributed by atoms with Crippen molar-refractivity contribution in [3.63, 3.8) is 0 Å². The molecule has 130 valence electrons. The maximum atomic E-state index is 12.1. The molecule has 1 heterocycles. The van der Waals surface area contributed by atoms with Crippen LogP contribution in [0.4, 0.5) is 11.4 Å². The van der Waals surface area contributed by atoms with E-state index in [1.807, 2.05) is 36.4 Å². The molecule has 0 radical (unpaired) electrons. The second kappa shape index (κ2) is 7.94. The van der Waals surface area contributed by atoms with Crippen molar-refractivity contribution in [2.75, 3.05) is 30.0 Å². The van der Waals surface area contributed by atoms with Crippen LogP contribution in [0, 0.1) is 6.92 Å². The lowest BCUT2D eigenvalue weighted by Crippen LogP contribution is -2.41. The lowest BCUT2D eigenvalue weighted by molar-refractivity contribution is -0.125. The molecule has 1 fully saturated rings. The van der Waals surface area contributed by atoms with Crippen molar-refractivity contribution >= 4 is 23.2 Å². The Morgan fingerprint density at radius 1 is 1.16 bits per heavy atom. The van der Waals surface area contributed by atoms with Gasteiger partial charge in [0, 0.05) is 24.3 Å². The van der Waals surface area contributed by atoms with Crippen LogP contribution >= 0.6 is 0 Å². The fraction of sp³-hybridized carbons (Fsp3) is 0.300. The summed E-state index contributed by atoms with van der Waals surface area (Å²) in [5.74, 6) is -0.0558. The minimum atomic E-state index is -0.0405. The monoisotopic (exact) mass is 338 g/mol. The Morgan fingerprint density at radius 3 is 2.64 bits per heavy atom. The number of nitrogens with zero attached hydrogens (tertiary/aromatic N) is 1. The van der Waals surface area contributed by atoms with Gasteiger partial charge in [-0.25, -0.2) is 0 Å². The van der Waals surface area contributed by atoms with E-state index in [9.17, 15) is 9.59 Å². The van der Waals surface area contributed by atoms with Gasteiger partial charge in [-0.05, 0) is 48.7 Å². The standard InChI is InChI=1S/C20H22N2O3/c1-15-4-2-3-5-16(15)6-11-19(23)21-17-7-9-18(10-8-17)22-12-13-25-14-20(22)24/h2-5,7-10H,6,11-14H2,1H3,(H,21,23). The molecular formula is C20H22N2O3. The van der Waals surface area contributed by atoms with Gasteiger partial charge in [-0.2, -0.15) is 0 Å². The molecule has 0 unspecified atom stereocenters. The fourth-order valence-electron chi connectivity index (χ4n) is 2.88. The lowest BCUT2D eigenvalue weighted by Gasteiger charge is -2.26. The Bertz CT molecular complexity index is 756. The van der Waals surface area contributed by atoms with Crippen LogP contribution in [0.1, 0.15) is 17.5 Å². The third-order valence-electron chi connectivity index (χ3n) is 4.33. The van der Waals surface area contributed by atoms with Crippen molar-refractivity contribution in [3.05, 3.63) is 59.7 Å². The summed E-state index contributed by atoms with van der Waals surface area (Å²) in [6.07, 6.45) is 1.16. The van der Waals surface area contributed by atoms with Crippen molar-refractivity contribution in [1.82, 2.24) is 0 Å². The molecule has 0 aromatic heterocycles. The molecule has 1 saturated heterocycles. The highest BCUT2D eigenvalue weighted by molar-refractivity contribution is 5.95. The zero-order chi connectivity index (χ0) is 17.6. The topological polar surface area (TPSA) is 58.6 Å². The Kier molecular flexibility index (Phi) is 5.46. The normalized spacial score (nSPS) is 14.4. The second-order valence-electron chi connectivity index (χ2n) is 6.12. The van der Waals surface area contributed by atoms with Crippen molar-refractivity contribution in [2.45, 2.75) is 19.8 Å². The number of morpholine rings is 1. The van der Waals surface area contributed by atoms with Gasteiger partial charge in [-0.3, -0.25) is 9.59 Å². The summed E-state index contributed by atoms with van der Waals surface area (Å²) in [6, 6.07) is 15.4. The van der Waals surface area contributed by atoms with E-state index in [0.29, 0.717) is 19.6 Å². The van der Waals surface area contributed by atoms with Crippen LogP contribution in [-0.2, 0) is 20.7 Å². The predicted molar refractivity (Wildman–Crippen MR) is 97.7 cm³/mol. The van der Waals surface area contributed by atoms with E-state index in [1.165, 1.54) is 11.1 Å². The number of benzene rings is 2. The van der Waals surface area contributed by atoms with E-state index in [0.717, 1.165) is 17.8 Å². The molecule has 2 aromatic rings. The molecule has 1 aliphatic heterocycles. The maximum absolute atomic E-state index is 12.1. The number of hydrogen-bond donors (Lipinski definition) is 1. The van der Waals surface area contributed by atoms with Gasteiger partial charge in [0.25, 0.3) is 5.91 Å². The van der Waals surface area contributed by atoms with Gasteiger partial charge in [-0.15, -0.1) is 0 Å². The van der Waals surface area contributed by atoms with Gasteiger partial charge in [0.2, 0.25) is 5.91 Å². The molecule has 2 aromatic carbocycles. The first-order valence-electron chi connectivity index (χ1n) is 8.46. The summed E-state index contributed by atoms with van der Waals surface area (Å²) in [7, 11) is 0. The Labute approximate surface area is 147 Å². The van der Waals surface area contributed by atoms with Gasteiger partial charge in [-0.1, -0.05) is 24.3 Å². The van der Waals surface area contributed by atoms with Gasteiger partial charge in [0.05, 0.1) is 6.61 Å². The first-order chi connectivity index (χ1) is 12.1. The molecule has 0 aliphatic carbocycles. The molecule has 1 aliphatic rings. The number of carbonyl (C=O) groups excluding carboxylic acids is 2. The minimum Gasteiger partial charge on any atom is -0.370 e. The highest BCUT2D eigenvalue weighted by atomic mass is 16.5. The number of carbonyl (C=O) groups is 2. The van der Waals surface area contributed by atoms with Gasteiger partial charge >= 0.3 is 0 Å². The zero-order valence-electron chi connectivity index (χ0n) is 14.3. The molecule has 25 heavy (non-hydrogen) atoms. The summed E-state index contributed by atoms with van der Waals surface area (Å²) >= 11 is 0. The average Bonchev–Trinajstić information content (AvgIpc) is 2.62. The number of aryl methyl sites for hydroxylation is 2. The molecule has 3 rings (SSSR count). The number of ether oxygens (including phenoxy) is 1. The first-order valence-corrected chi connectivity index (χ1v) is 8.46. The smallest absolute Gasteiger partial charge is 0.253 e. The van der Waals surface area contributed by atoms with Crippen LogP contribution in [0.25, 0.3) is 0 Å². The van der Waals surface area contributed by atoms with Crippen LogP contribution in [0.2, 0.25) is 0 Å². The summed E-state index contributed by atoms with van der Waals surface area (Å²) in [4.78, 5) is 25.7. The molecule has 5 heteroatoms. The Hall–Kier alpha value is -2.66.